The maximum absolute atomic E-state index is 11.3. The zero-order chi connectivity index (χ0) is 11.8. The van der Waals surface area contributed by atoms with Crippen LogP contribution in [-0.4, -0.2) is 9.97 Å². The second kappa shape index (κ2) is 3.59. The lowest BCUT2D eigenvalue weighted by Crippen LogP contribution is -2.16. The minimum atomic E-state index is -0.369. The first-order valence-electron chi connectivity index (χ1n) is 5.37. The SMILES string of the molecule is Nc1cnc(=O)[nH]c1C1C=Cc2ccccc21. The molecule has 17 heavy (non-hydrogen) atoms. The monoisotopic (exact) mass is 225 g/mol. The lowest BCUT2D eigenvalue weighted by Gasteiger charge is -2.12. The Bertz CT molecular complexity index is 658. The summed E-state index contributed by atoms with van der Waals surface area (Å²) in [5.74, 6) is 0.0156. The number of nitrogens with zero attached hydrogens (tertiary/aromatic N) is 1. The molecule has 1 aliphatic carbocycles. The van der Waals surface area contributed by atoms with Gasteiger partial charge in [-0.1, -0.05) is 36.4 Å². The van der Waals surface area contributed by atoms with E-state index in [4.69, 9.17) is 5.73 Å². The van der Waals surface area contributed by atoms with Gasteiger partial charge in [-0.15, -0.1) is 0 Å². The molecule has 84 valence electrons. The normalized spacial score (nSPS) is 17.1. The van der Waals surface area contributed by atoms with E-state index >= 15 is 0 Å². The van der Waals surface area contributed by atoms with Crippen LogP contribution in [-0.2, 0) is 0 Å². The summed E-state index contributed by atoms with van der Waals surface area (Å²) in [6.07, 6.45) is 5.48. The van der Waals surface area contributed by atoms with Crippen LogP contribution in [0.15, 0.2) is 41.3 Å². The minimum Gasteiger partial charge on any atom is -0.396 e. The molecule has 4 nitrogen and oxygen atoms in total. The van der Waals surface area contributed by atoms with E-state index in [-0.39, 0.29) is 11.6 Å². The molecule has 3 N–H and O–H groups in total. The smallest absolute Gasteiger partial charge is 0.345 e. The number of anilines is 1. The molecule has 4 heteroatoms. The average Bonchev–Trinajstić information content (AvgIpc) is 2.76. The second-order valence-electron chi connectivity index (χ2n) is 4.02. The van der Waals surface area contributed by atoms with Crippen molar-refractivity contribution in [2.75, 3.05) is 5.73 Å². The number of hydrogen-bond acceptors (Lipinski definition) is 3. The summed E-state index contributed by atoms with van der Waals surface area (Å²) in [5.41, 5.74) is 9.03. The van der Waals surface area contributed by atoms with Crippen LogP contribution in [0.1, 0.15) is 22.7 Å². The molecule has 1 atom stereocenters. The van der Waals surface area contributed by atoms with Gasteiger partial charge in [-0.2, -0.15) is 4.98 Å². The predicted molar refractivity (Wildman–Crippen MR) is 66.6 cm³/mol. The van der Waals surface area contributed by atoms with E-state index in [2.05, 4.69) is 9.97 Å². The summed E-state index contributed by atoms with van der Waals surface area (Å²) >= 11 is 0. The molecule has 0 bridgehead atoms. The van der Waals surface area contributed by atoms with Gasteiger partial charge in [-0.3, -0.25) is 0 Å². The Morgan fingerprint density at radius 3 is 3.00 bits per heavy atom. The van der Waals surface area contributed by atoms with E-state index in [0.29, 0.717) is 11.4 Å². The van der Waals surface area contributed by atoms with Gasteiger partial charge in [0.1, 0.15) is 0 Å². The summed E-state index contributed by atoms with van der Waals surface area (Å²) in [6.45, 7) is 0. The highest BCUT2D eigenvalue weighted by molar-refractivity contribution is 5.66. The largest absolute Gasteiger partial charge is 0.396 e. The van der Waals surface area contributed by atoms with Crippen LogP contribution in [0.25, 0.3) is 6.08 Å². The standard InChI is InChI=1S/C13H11N3O/c14-11-7-15-13(17)16-12(11)10-6-5-8-3-1-2-4-9(8)10/h1-7,10H,14H2,(H,15,16,17). The molecule has 1 heterocycles. The van der Waals surface area contributed by atoms with Crippen LogP contribution < -0.4 is 11.4 Å². The van der Waals surface area contributed by atoms with Crippen molar-refractivity contribution < 1.29 is 0 Å². The summed E-state index contributed by atoms with van der Waals surface area (Å²) in [4.78, 5) is 17.6. The molecule has 2 aromatic rings. The van der Waals surface area contributed by atoms with Gasteiger partial charge in [0.05, 0.1) is 17.6 Å². The van der Waals surface area contributed by atoms with Crippen LogP contribution in [0, 0.1) is 0 Å². The Balaban J connectivity index is 2.16. The summed E-state index contributed by atoms with van der Waals surface area (Å²) in [6, 6.07) is 8.05. The molecule has 0 amide bonds. The molecule has 0 radical (unpaired) electrons. The average molecular weight is 225 g/mol. The first kappa shape index (κ1) is 9.84. The Morgan fingerprint density at radius 1 is 1.29 bits per heavy atom. The highest BCUT2D eigenvalue weighted by Gasteiger charge is 2.21. The molecule has 1 aromatic carbocycles. The number of allylic oxidation sites excluding steroid dienone is 1. The third-order valence-electron chi connectivity index (χ3n) is 2.98. The summed E-state index contributed by atoms with van der Waals surface area (Å²) < 4.78 is 0. The zero-order valence-electron chi connectivity index (χ0n) is 9.05. The number of H-pyrrole nitrogens is 1. The summed E-state index contributed by atoms with van der Waals surface area (Å²) in [7, 11) is 0. The molecule has 3 rings (SSSR count). The van der Waals surface area contributed by atoms with Gasteiger partial charge < -0.3 is 10.7 Å². The van der Waals surface area contributed by atoms with Gasteiger partial charge in [0.2, 0.25) is 0 Å². The molecule has 0 aliphatic heterocycles. The van der Waals surface area contributed by atoms with Gasteiger partial charge in [0, 0.05) is 5.92 Å². The number of benzene rings is 1. The molecule has 0 spiro atoms. The van der Waals surface area contributed by atoms with Crippen LogP contribution in [0.5, 0.6) is 0 Å². The fraction of sp³-hybridized carbons (Fsp3) is 0.0769. The van der Waals surface area contributed by atoms with Crippen LogP contribution in [0.2, 0.25) is 0 Å². The number of hydrogen-bond donors (Lipinski definition) is 2. The van der Waals surface area contributed by atoms with Gasteiger partial charge in [0.15, 0.2) is 0 Å². The van der Waals surface area contributed by atoms with Crippen molar-refractivity contribution in [1.29, 1.82) is 0 Å². The Labute approximate surface area is 97.8 Å². The molecule has 0 saturated carbocycles. The quantitative estimate of drug-likeness (QED) is 0.772. The van der Waals surface area contributed by atoms with Crippen molar-refractivity contribution in [2.45, 2.75) is 5.92 Å². The third kappa shape index (κ3) is 1.54. The van der Waals surface area contributed by atoms with Crippen LogP contribution in [0.3, 0.4) is 0 Å². The number of aromatic amines is 1. The fourth-order valence-corrected chi connectivity index (χ4v) is 2.18. The lowest BCUT2D eigenvalue weighted by molar-refractivity contribution is 0.923. The van der Waals surface area contributed by atoms with Crippen molar-refractivity contribution in [3.8, 4) is 0 Å². The van der Waals surface area contributed by atoms with Gasteiger partial charge in [0.25, 0.3) is 0 Å². The van der Waals surface area contributed by atoms with E-state index < -0.39 is 0 Å². The summed E-state index contributed by atoms with van der Waals surface area (Å²) in [5, 5.41) is 0. The van der Waals surface area contributed by atoms with E-state index in [1.54, 1.807) is 0 Å². The van der Waals surface area contributed by atoms with Crippen LogP contribution in [0.4, 0.5) is 5.69 Å². The lowest BCUT2D eigenvalue weighted by atomic mass is 9.96. The number of aromatic nitrogens is 2. The minimum absolute atomic E-state index is 0.0156. The Hall–Kier alpha value is -2.36. The van der Waals surface area contributed by atoms with Crippen LogP contribution >= 0.6 is 0 Å². The number of nitrogens with one attached hydrogen (secondary N) is 1. The second-order valence-corrected chi connectivity index (χ2v) is 4.02. The van der Waals surface area contributed by atoms with E-state index in [9.17, 15) is 4.79 Å². The van der Waals surface area contributed by atoms with Gasteiger partial charge in [-0.05, 0) is 11.1 Å². The number of nitrogen functional groups attached to an aromatic ring is 1. The maximum Gasteiger partial charge on any atom is 0.345 e. The molecule has 1 aliphatic rings. The predicted octanol–water partition coefficient (Wildman–Crippen LogP) is 1.51. The van der Waals surface area contributed by atoms with E-state index in [1.807, 2.05) is 36.4 Å². The van der Waals surface area contributed by atoms with Crippen molar-refractivity contribution in [1.82, 2.24) is 9.97 Å². The van der Waals surface area contributed by atoms with Crippen molar-refractivity contribution in [3.05, 3.63) is 63.8 Å². The van der Waals surface area contributed by atoms with E-state index in [0.717, 1.165) is 11.1 Å². The fourth-order valence-electron chi connectivity index (χ4n) is 2.18. The van der Waals surface area contributed by atoms with Crippen molar-refractivity contribution in [3.63, 3.8) is 0 Å². The zero-order valence-corrected chi connectivity index (χ0v) is 9.05. The molecule has 1 aromatic heterocycles. The topological polar surface area (TPSA) is 71.8 Å². The first-order chi connectivity index (χ1) is 8.25. The molecule has 1 unspecified atom stereocenters. The third-order valence-corrected chi connectivity index (χ3v) is 2.98. The highest BCUT2D eigenvalue weighted by atomic mass is 16.1. The molecule has 0 saturated heterocycles. The number of fused-ring (bicyclic) bond motifs is 1. The van der Waals surface area contributed by atoms with Gasteiger partial charge in [-0.25, -0.2) is 4.79 Å². The Morgan fingerprint density at radius 2 is 2.12 bits per heavy atom. The van der Waals surface area contributed by atoms with Crippen molar-refractivity contribution >= 4 is 11.8 Å². The maximum atomic E-state index is 11.3. The first-order valence-corrected chi connectivity index (χ1v) is 5.37. The number of rotatable bonds is 1. The van der Waals surface area contributed by atoms with Gasteiger partial charge >= 0.3 is 5.69 Å². The number of nitrogens with two attached hydrogens (primary N) is 1. The molecular weight excluding hydrogens is 214 g/mol. The molecule has 0 fully saturated rings. The highest BCUT2D eigenvalue weighted by Crippen LogP contribution is 2.35. The Kier molecular flexibility index (Phi) is 2.08. The van der Waals surface area contributed by atoms with E-state index in [1.165, 1.54) is 6.20 Å². The van der Waals surface area contributed by atoms with Crippen molar-refractivity contribution in [2.24, 2.45) is 0 Å². The molecular formula is C13H11N3O.